The number of hydrogen-bond donors (Lipinski definition) is 7. The summed E-state index contributed by atoms with van der Waals surface area (Å²) in [5.74, 6) is -2.24. The highest BCUT2D eigenvalue weighted by atomic mass is 28.3. The predicted molar refractivity (Wildman–Crippen MR) is 292 cm³/mol. The molecule has 2 fully saturated rings. The molecule has 8 N–H and O–H groups in total. The van der Waals surface area contributed by atoms with Gasteiger partial charge in [-0.05, 0) is 141 Å². The normalized spacial score (nSPS) is 22.1. The van der Waals surface area contributed by atoms with Crippen LogP contribution in [0.3, 0.4) is 0 Å². The molecule has 16 nitrogen and oxygen atoms in total. The van der Waals surface area contributed by atoms with Gasteiger partial charge in [0.05, 0.1) is 32.2 Å². The van der Waals surface area contributed by atoms with E-state index in [0.29, 0.717) is 29.0 Å². The molecule has 0 spiro atoms. The zero-order valence-electron chi connectivity index (χ0n) is 44.5. The van der Waals surface area contributed by atoms with Crippen LogP contribution in [0.2, 0.25) is 19.1 Å². The molecule has 2 saturated heterocycles. The van der Waals surface area contributed by atoms with E-state index < -0.39 is 61.6 Å². The van der Waals surface area contributed by atoms with Crippen LogP contribution in [0.1, 0.15) is 120 Å². The molecule has 398 valence electrons. The summed E-state index contributed by atoms with van der Waals surface area (Å²) in [5.41, 5.74) is 12.4. The van der Waals surface area contributed by atoms with E-state index in [1.165, 1.54) is 16.0 Å². The Labute approximate surface area is 442 Å². The second-order valence-corrected chi connectivity index (χ2v) is 28.0. The van der Waals surface area contributed by atoms with Gasteiger partial charge in [0.1, 0.15) is 18.1 Å². The first-order chi connectivity index (χ1) is 35.7. The number of amides is 7. The number of hydrogen-bond acceptors (Lipinski definition) is 9. The summed E-state index contributed by atoms with van der Waals surface area (Å²) in [4.78, 5) is 100. The molecule has 2 heterocycles. The average Bonchev–Trinajstić information content (AvgIpc) is 3.98. The third kappa shape index (κ3) is 12.9. The van der Waals surface area contributed by atoms with Gasteiger partial charge in [-0.2, -0.15) is 0 Å². The average molecular weight is 1040 g/mol. The van der Waals surface area contributed by atoms with Crippen molar-refractivity contribution in [2.45, 2.75) is 147 Å². The number of carbonyl (C=O) groups excluding carboxylic acids is 7. The Morgan fingerprint density at radius 1 is 0.693 bits per heavy atom. The van der Waals surface area contributed by atoms with E-state index in [-0.39, 0.29) is 61.0 Å². The van der Waals surface area contributed by atoms with Gasteiger partial charge in [0.25, 0.3) is 11.8 Å². The molecule has 7 amide bonds. The highest BCUT2D eigenvalue weighted by Gasteiger charge is 2.48. The molecule has 8 unspecified atom stereocenters. The molecule has 0 aromatic heterocycles. The highest BCUT2D eigenvalue weighted by Crippen LogP contribution is 2.34. The summed E-state index contributed by atoms with van der Waals surface area (Å²) in [5, 5.41) is 18.3. The van der Waals surface area contributed by atoms with Crippen molar-refractivity contribution in [3.63, 3.8) is 0 Å². The van der Waals surface area contributed by atoms with Crippen molar-refractivity contribution in [2.24, 2.45) is 11.1 Å². The van der Waals surface area contributed by atoms with Crippen molar-refractivity contribution in [2.75, 3.05) is 25.1 Å². The van der Waals surface area contributed by atoms with Crippen molar-refractivity contribution >= 4 is 55.1 Å². The SMILES string of the molecule is CNC(C)C(=O)NC(C(=O)N1CC(NC(=O)c2ccc(NC(=O)c3ccc(CC(N)C(=O)N4C[Si](C)(C)CC4C(=O)NC4CCCc5ccccc54)cc3)cc2)CC1C(=O)NC1CCCc2ccccc21)C(C)(C)C. The van der Waals surface area contributed by atoms with Gasteiger partial charge >= 0.3 is 0 Å². The fourth-order valence-electron chi connectivity index (χ4n) is 11.2. The quantitative estimate of drug-likeness (QED) is 0.0747. The molecular formula is C58H75N9O7Si. The summed E-state index contributed by atoms with van der Waals surface area (Å²) in [6, 6.07) is 25.5. The van der Waals surface area contributed by atoms with Gasteiger partial charge in [-0.25, -0.2) is 0 Å². The maximum Gasteiger partial charge on any atom is 0.255 e. The smallest absolute Gasteiger partial charge is 0.255 e. The Bertz CT molecular complexity index is 2780. The summed E-state index contributed by atoms with van der Waals surface area (Å²) in [6.45, 7) is 11.7. The Morgan fingerprint density at radius 2 is 1.24 bits per heavy atom. The lowest BCUT2D eigenvalue weighted by Gasteiger charge is -2.36. The van der Waals surface area contributed by atoms with Crippen LogP contribution in [-0.4, -0.2) is 115 Å². The van der Waals surface area contributed by atoms with Crippen LogP contribution in [-0.2, 0) is 43.2 Å². The van der Waals surface area contributed by atoms with Crippen LogP contribution < -0.4 is 37.6 Å². The maximum absolute atomic E-state index is 14.6. The highest BCUT2D eigenvalue weighted by molar-refractivity contribution is 6.79. The number of carbonyl (C=O) groups is 7. The Hall–Kier alpha value is -6.69. The van der Waals surface area contributed by atoms with Gasteiger partial charge < -0.3 is 47.4 Å². The number of benzene rings is 4. The summed E-state index contributed by atoms with van der Waals surface area (Å²) < 4.78 is 0. The van der Waals surface area contributed by atoms with Crippen LogP contribution in [0.4, 0.5) is 5.69 Å². The molecule has 4 aromatic carbocycles. The minimum absolute atomic E-state index is 0.0526. The zero-order valence-corrected chi connectivity index (χ0v) is 45.5. The number of nitrogens with one attached hydrogen (secondary N) is 6. The van der Waals surface area contributed by atoms with Crippen molar-refractivity contribution in [1.29, 1.82) is 0 Å². The van der Waals surface area contributed by atoms with E-state index in [1.807, 2.05) is 51.1 Å². The number of anilines is 1. The molecule has 2 aliphatic carbocycles. The molecule has 75 heavy (non-hydrogen) atoms. The number of likely N-dealkylation sites (N-methyl/N-ethyl adjacent to an activating group) is 1. The van der Waals surface area contributed by atoms with Crippen LogP contribution in [0.25, 0.3) is 0 Å². The molecule has 4 aliphatic rings. The number of fused-ring (bicyclic) bond motifs is 2. The van der Waals surface area contributed by atoms with Gasteiger partial charge in [-0.1, -0.05) is 94.5 Å². The standard InChI is InChI=1S/C58H75N9O7Si/c1-35(60-5)51(68)65-50(58(2,3)4)57(74)66-32-42(31-48(66)54(71)63-46-20-12-16-37-14-8-10-18-43(37)46)62-53(70)40-26-28-41(29-27-40)61-52(69)39-24-22-36(23-25-39)30-45(59)56(73)67-34-75(6,7)33-49(67)55(72)64-47-21-13-17-38-15-9-11-19-44(38)47/h8-11,14-15,18-19,22-29,35,42,45-50,60H,12-13,16-17,20-21,30-34,59H2,1-7H3,(H,61,69)(H,62,70)(H,63,71)(H,64,72)(H,65,68). The summed E-state index contributed by atoms with van der Waals surface area (Å²) in [7, 11) is -0.224. The van der Waals surface area contributed by atoms with Gasteiger partial charge in [-0.15, -0.1) is 0 Å². The van der Waals surface area contributed by atoms with E-state index >= 15 is 0 Å². The lowest BCUT2D eigenvalue weighted by atomic mass is 9.85. The van der Waals surface area contributed by atoms with Gasteiger partial charge in [0.2, 0.25) is 29.5 Å². The van der Waals surface area contributed by atoms with Crippen LogP contribution in [0.15, 0.2) is 97.1 Å². The third-order valence-electron chi connectivity index (χ3n) is 15.5. The molecular weight excluding hydrogens is 963 g/mol. The Balaban J connectivity index is 0.872. The number of rotatable bonds is 15. The molecule has 0 bridgehead atoms. The predicted octanol–water partition coefficient (Wildman–Crippen LogP) is 5.49. The fraction of sp³-hybridized carbons (Fsp3) is 0.466. The molecule has 8 rings (SSSR count). The Kier molecular flexibility index (Phi) is 16.8. The van der Waals surface area contributed by atoms with Crippen molar-refractivity contribution in [1.82, 2.24) is 36.4 Å². The van der Waals surface area contributed by atoms with Crippen molar-refractivity contribution in [3.05, 3.63) is 136 Å². The molecule has 17 heteroatoms. The number of nitrogens with zero attached hydrogens (tertiary/aromatic N) is 2. The fourth-order valence-corrected chi connectivity index (χ4v) is 14.1. The topological polar surface area (TPSA) is 224 Å². The maximum atomic E-state index is 14.6. The van der Waals surface area contributed by atoms with E-state index in [2.05, 4.69) is 63.2 Å². The summed E-state index contributed by atoms with van der Waals surface area (Å²) >= 11 is 0. The monoisotopic (exact) mass is 1040 g/mol. The number of aryl methyl sites for hydroxylation is 2. The molecule has 4 aromatic rings. The second-order valence-electron chi connectivity index (χ2n) is 22.9. The van der Waals surface area contributed by atoms with Gasteiger partial charge in [0, 0.05) is 35.6 Å². The number of nitrogens with two attached hydrogens (primary N) is 1. The van der Waals surface area contributed by atoms with E-state index in [9.17, 15) is 33.6 Å². The lowest BCUT2D eigenvalue weighted by molar-refractivity contribution is -0.144. The molecule has 0 saturated carbocycles. The third-order valence-corrected chi connectivity index (χ3v) is 18.2. The first-order valence-electron chi connectivity index (χ1n) is 26.6. The van der Waals surface area contributed by atoms with Crippen LogP contribution >= 0.6 is 0 Å². The first-order valence-corrected chi connectivity index (χ1v) is 30.0. The molecule has 0 radical (unpaired) electrons. The minimum Gasteiger partial charge on any atom is -0.348 e. The van der Waals surface area contributed by atoms with E-state index in [0.717, 1.165) is 55.2 Å². The Morgan fingerprint density at radius 3 is 1.81 bits per heavy atom. The molecule has 2 aliphatic heterocycles. The zero-order chi connectivity index (χ0) is 53.8. The molecule has 8 atom stereocenters. The van der Waals surface area contributed by atoms with Crippen LogP contribution in [0.5, 0.6) is 0 Å². The lowest BCUT2D eigenvalue weighted by Crippen LogP contribution is -2.59. The second kappa shape index (κ2) is 23.0. The minimum atomic E-state index is -1.89. The van der Waals surface area contributed by atoms with Gasteiger partial charge in [-0.3, -0.25) is 33.6 Å². The summed E-state index contributed by atoms with van der Waals surface area (Å²) in [6.07, 6.45) is 6.39. The number of likely N-dealkylation sites (tertiary alicyclic amines) is 1. The van der Waals surface area contributed by atoms with Gasteiger partial charge in [0.15, 0.2) is 0 Å². The van der Waals surface area contributed by atoms with E-state index in [1.54, 1.807) is 67.4 Å². The largest absolute Gasteiger partial charge is 0.348 e. The first kappa shape index (κ1) is 54.6. The van der Waals surface area contributed by atoms with Crippen LogP contribution in [0, 0.1) is 5.41 Å². The van der Waals surface area contributed by atoms with Crippen molar-refractivity contribution < 1.29 is 33.6 Å². The van der Waals surface area contributed by atoms with E-state index in [4.69, 9.17) is 5.73 Å². The van der Waals surface area contributed by atoms with Crippen molar-refractivity contribution in [3.8, 4) is 0 Å².